The zero-order chi connectivity index (χ0) is 14.2. The van der Waals surface area contributed by atoms with Gasteiger partial charge in [0.15, 0.2) is 0 Å². The molecule has 0 aliphatic rings. The highest BCUT2D eigenvalue weighted by atomic mass is 16.4. The molecule has 0 unspecified atom stereocenters. The number of carbonyl (C=O) groups is 2. The van der Waals surface area contributed by atoms with Crippen LogP contribution in [0, 0.1) is 13.8 Å². The molecule has 0 aliphatic carbocycles. The van der Waals surface area contributed by atoms with Crippen LogP contribution in [0.3, 0.4) is 0 Å². The summed E-state index contributed by atoms with van der Waals surface area (Å²) in [5.41, 5.74) is 1.54. The van der Waals surface area contributed by atoms with Gasteiger partial charge in [0.2, 0.25) is 0 Å². The maximum Gasteiger partial charge on any atom is 0.394 e. The number of benzene rings is 1. The Morgan fingerprint density at radius 2 is 1.84 bits per heavy atom. The fourth-order valence-corrected chi connectivity index (χ4v) is 1.78. The molecule has 1 heterocycles. The topological polar surface area (TPSA) is 96.6 Å². The van der Waals surface area contributed by atoms with Gasteiger partial charge in [-0.25, -0.2) is 9.59 Å². The van der Waals surface area contributed by atoms with Crippen molar-refractivity contribution in [2.24, 2.45) is 0 Å². The maximum atomic E-state index is 11.3. The molecule has 2 rings (SSSR count). The molecule has 1 aromatic heterocycles. The highest BCUT2D eigenvalue weighted by molar-refractivity contribution is 6.36. The third-order valence-electron chi connectivity index (χ3n) is 2.74. The van der Waals surface area contributed by atoms with Crippen LogP contribution in [0.15, 0.2) is 27.4 Å². The molecule has 1 aromatic carbocycles. The van der Waals surface area contributed by atoms with E-state index in [2.05, 4.69) is 5.32 Å². The Hall–Kier alpha value is -2.63. The Bertz CT molecular complexity index is 745. The van der Waals surface area contributed by atoms with Crippen molar-refractivity contribution in [1.29, 1.82) is 0 Å². The van der Waals surface area contributed by atoms with Gasteiger partial charge >= 0.3 is 17.5 Å². The van der Waals surface area contributed by atoms with Crippen molar-refractivity contribution in [1.82, 2.24) is 0 Å². The monoisotopic (exact) mass is 261 g/mol. The summed E-state index contributed by atoms with van der Waals surface area (Å²) in [5, 5.41) is 11.5. The summed E-state index contributed by atoms with van der Waals surface area (Å²) in [7, 11) is 0. The van der Waals surface area contributed by atoms with Crippen LogP contribution in [0.5, 0.6) is 0 Å². The Morgan fingerprint density at radius 3 is 2.47 bits per heavy atom. The molecule has 6 heteroatoms. The molecule has 0 radical (unpaired) electrons. The Morgan fingerprint density at radius 1 is 1.16 bits per heavy atom. The van der Waals surface area contributed by atoms with Gasteiger partial charge in [-0.15, -0.1) is 0 Å². The lowest BCUT2D eigenvalue weighted by molar-refractivity contribution is -0.147. The smallest absolute Gasteiger partial charge is 0.394 e. The normalized spacial score (nSPS) is 10.4. The minimum Gasteiger partial charge on any atom is -0.474 e. The number of amides is 1. The number of aliphatic carboxylic acids is 1. The summed E-state index contributed by atoms with van der Waals surface area (Å²) >= 11 is 0. The Balaban J connectivity index is 2.58. The fourth-order valence-electron chi connectivity index (χ4n) is 1.78. The largest absolute Gasteiger partial charge is 0.474 e. The van der Waals surface area contributed by atoms with Gasteiger partial charge in [-0.05, 0) is 31.0 Å². The van der Waals surface area contributed by atoms with Crippen LogP contribution in [-0.2, 0) is 9.59 Å². The van der Waals surface area contributed by atoms with Gasteiger partial charge in [-0.3, -0.25) is 4.79 Å². The molecule has 0 saturated heterocycles. The summed E-state index contributed by atoms with van der Waals surface area (Å²) < 4.78 is 5.03. The lowest BCUT2D eigenvalue weighted by Crippen LogP contribution is -2.22. The van der Waals surface area contributed by atoms with Gasteiger partial charge in [0.25, 0.3) is 0 Å². The van der Waals surface area contributed by atoms with Crippen LogP contribution < -0.4 is 10.9 Å². The molecule has 98 valence electrons. The van der Waals surface area contributed by atoms with E-state index in [1.165, 1.54) is 12.1 Å². The number of carboxylic acids is 1. The van der Waals surface area contributed by atoms with E-state index in [0.29, 0.717) is 16.8 Å². The second-order valence-corrected chi connectivity index (χ2v) is 4.17. The van der Waals surface area contributed by atoms with Gasteiger partial charge in [0.05, 0.1) is 0 Å². The molecule has 2 aromatic rings. The van der Waals surface area contributed by atoms with Crippen LogP contribution in [0.25, 0.3) is 11.0 Å². The zero-order valence-electron chi connectivity index (χ0n) is 10.3. The summed E-state index contributed by atoms with van der Waals surface area (Å²) in [6, 6.07) is 4.54. The lowest BCUT2D eigenvalue weighted by atomic mass is 10.1. The molecule has 0 saturated carbocycles. The van der Waals surface area contributed by atoms with Crippen LogP contribution in [-0.4, -0.2) is 17.0 Å². The van der Waals surface area contributed by atoms with E-state index in [-0.39, 0.29) is 0 Å². The predicted molar refractivity (Wildman–Crippen MR) is 68.2 cm³/mol. The third kappa shape index (κ3) is 2.47. The van der Waals surface area contributed by atoms with Crippen molar-refractivity contribution in [2.45, 2.75) is 13.8 Å². The molecule has 0 spiro atoms. The number of fused-ring (bicyclic) bond motifs is 1. The molecule has 0 bridgehead atoms. The average molecular weight is 261 g/mol. The molecule has 1 amide bonds. The van der Waals surface area contributed by atoms with Crippen LogP contribution in [0.4, 0.5) is 5.69 Å². The van der Waals surface area contributed by atoms with E-state index < -0.39 is 17.5 Å². The number of hydrogen-bond acceptors (Lipinski definition) is 4. The molecule has 0 fully saturated rings. The third-order valence-corrected chi connectivity index (χ3v) is 2.74. The van der Waals surface area contributed by atoms with Gasteiger partial charge < -0.3 is 14.8 Å². The molecule has 6 nitrogen and oxygen atoms in total. The molecular weight excluding hydrogens is 250 g/mol. The Kier molecular flexibility index (Phi) is 3.08. The van der Waals surface area contributed by atoms with Crippen molar-refractivity contribution in [3.63, 3.8) is 0 Å². The highest BCUT2D eigenvalue weighted by Crippen LogP contribution is 2.24. The van der Waals surface area contributed by atoms with Gasteiger partial charge in [0.1, 0.15) is 5.58 Å². The maximum absolute atomic E-state index is 11.3. The standard InChI is InChI=1S/C13H11NO5/c1-6-4-11(15)19-10-5-9(7(2)3-8(6)10)14-12(16)13(17)18/h3-5H,1-2H3,(H,14,16)(H,17,18). The SMILES string of the molecule is Cc1cc2c(C)cc(=O)oc2cc1NC(=O)C(=O)O. The highest BCUT2D eigenvalue weighted by Gasteiger charge is 2.14. The van der Waals surface area contributed by atoms with Crippen molar-refractivity contribution in [3.8, 4) is 0 Å². The number of anilines is 1. The molecule has 0 atom stereocenters. The molecule has 2 N–H and O–H groups in total. The van der Waals surface area contributed by atoms with Crippen molar-refractivity contribution >= 4 is 28.5 Å². The molecular formula is C13H11NO5. The van der Waals surface area contributed by atoms with Gasteiger partial charge in [0, 0.05) is 23.2 Å². The number of carbonyl (C=O) groups excluding carboxylic acids is 1. The van der Waals surface area contributed by atoms with E-state index in [4.69, 9.17) is 9.52 Å². The average Bonchev–Trinajstić information content (AvgIpc) is 2.31. The first-order valence-electron chi connectivity index (χ1n) is 5.48. The molecule has 0 aliphatic heterocycles. The summed E-state index contributed by atoms with van der Waals surface area (Å²) in [6.07, 6.45) is 0. The number of nitrogens with one attached hydrogen (secondary N) is 1. The van der Waals surface area contributed by atoms with E-state index >= 15 is 0 Å². The summed E-state index contributed by atoms with van der Waals surface area (Å²) in [6.45, 7) is 3.50. The summed E-state index contributed by atoms with van der Waals surface area (Å²) in [4.78, 5) is 32.9. The van der Waals surface area contributed by atoms with Crippen LogP contribution in [0.2, 0.25) is 0 Å². The van der Waals surface area contributed by atoms with E-state index in [0.717, 1.165) is 10.9 Å². The van der Waals surface area contributed by atoms with E-state index in [1.807, 2.05) is 0 Å². The van der Waals surface area contributed by atoms with Gasteiger partial charge in [-0.2, -0.15) is 0 Å². The number of rotatable bonds is 1. The van der Waals surface area contributed by atoms with E-state index in [1.54, 1.807) is 19.9 Å². The second kappa shape index (κ2) is 4.56. The lowest BCUT2D eigenvalue weighted by Gasteiger charge is -2.08. The van der Waals surface area contributed by atoms with Crippen molar-refractivity contribution in [2.75, 3.05) is 5.32 Å². The predicted octanol–water partition coefficient (Wildman–Crippen LogP) is 1.43. The Labute approximate surface area is 107 Å². The number of aryl methyl sites for hydroxylation is 2. The van der Waals surface area contributed by atoms with Crippen LogP contribution >= 0.6 is 0 Å². The van der Waals surface area contributed by atoms with Crippen LogP contribution in [0.1, 0.15) is 11.1 Å². The van der Waals surface area contributed by atoms with Gasteiger partial charge in [-0.1, -0.05) is 0 Å². The molecule has 19 heavy (non-hydrogen) atoms. The minimum atomic E-state index is -1.58. The number of hydrogen-bond donors (Lipinski definition) is 2. The second-order valence-electron chi connectivity index (χ2n) is 4.17. The number of carboxylic acid groups (broad SMARTS) is 1. The minimum absolute atomic E-state index is 0.300. The zero-order valence-corrected chi connectivity index (χ0v) is 10.3. The first-order valence-corrected chi connectivity index (χ1v) is 5.48. The quantitative estimate of drug-likeness (QED) is 0.598. The van der Waals surface area contributed by atoms with Crippen molar-refractivity contribution in [3.05, 3.63) is 39.7 Å². The summed E-state index contributed by atoms with van der Waals surface area (Å²) in [5.74, 6) is -2.72. The fraction of sp³-hybridized carbons (Fsp3) is 0.154. The first-order chi connectivity index (χ1) is 8.88. The van der Waals surface area contributed by atoms with Crippen molar-refractivity contribution < 1.29 is 19.1 Å². The van der Waals surface area contributed by atoms with E-state index in [9.17, 15) is 14.4 Å². The first kappa shape index (κ1) is 12.8.